The number of carbonyl (C=O) groups excluding carboxylic acids is 2. The van der Waals surface area contributed by atoms with Gasteiger partial charge in [-0.3, -0.25) is 19.7 Å². The van der Waals surface area contributed by atoms with Crippen molar-refractivity contribution in [3.63, 3.8) is 0 Å². The molecule has 2 aromatic carbocycles. The Bertz CT molecular complexity index is 1370. The van der Waals surface area contributed by atoms with E-state index in [1.807, 2.05) is 24.0 Å². The molecule has 0 unspecified atom stereocenters. The first-order chi connectivity index (χ1) is 17.4. The van der Waals surface area contributed by atoms with E-state index < -0.39 is 4.92 Å². The summed E-state index contributed by atoms with van der Waals surface area (Å²) in [5.74, 6) is 0.611. The number of nitro benzene ring substituents is 1. The molecule has 1 aromatic heterocycles. The van der Waals surface area contributed by atoms with Crippen molar-refractivity contribution in [2.75, 3.05) is 6.54 Å². The van der Waals surface area contributed by atoms with Crippen LogP contribution in [-0.4, -0.2) is 33.9 Å². The van der Waals surface area contributed by atoms with Crippen molar-refractivity contribution in [3.05, 3.63) is 98.0 Å². The summed E-state index contributed by atoms with van der Waals surface area (Å²) in [4.78, 5) is 38.0. The third-order valence-electron chi connectivity index (χ3n) is 6.77. The summed E-state index contributed by atoms with van der Waals surface area (Å²) in [6, 6.07) is 14.0. The minimum absolute atomic E-state index is 0.0244. The van der Waals surface area contributed by atoms with E-state index in [4.69, 9.17) is 4.42 Å². The molecule has 5 rings (SSSR count). The molecule has 1 N–H and O–H groups in total. The van der Waals surface area contributed by atoms with Gasteiger partial charge in [0.25, 0.3) is 11.6 Å². The van der Waals surface area contributed by atoms with Crippen molar-refractivity contribution in [2.45, 2.75) is 45.6 Å². The zero-order valence-corrected chi connectivity index (χ0v) is 20.0. The lowest BCUT2D eigenvalue weighted by atomic mass is 9.93. The zero-order chi connectivity index (χ0) is 25.2. The van der Waals surface area contributed by atoms with Crippen molar-refractivity contribution in [3.8, 4) is 0 Å². The first-order valence-corrected chi connectivity index (χ1v) is 12.0. The van der Waals surface area contributed by atoms with Gasteiger partial charge in [0, 0.05) is 42.8 Å². The average Bonchev–Trinajstić information content (AvgIpc) is 3.24. The van der Waals surface area contributed by atoms with Crippen molar-refractivity contribution in [1.82, 2.24) is 10.3 Å². The molecule has 0 saturated heterocycles. The van der Waals surface area contributed by atoms with Crippen LogP contribution in [0.1, 0.15) is 57.0 Å². The minimum atomic E-state index is -0.479. The highest BCUT2D eigenvalue weighted by Crippen LogP contribution is 2.31. The molecule has 2 heterocycles. The summed E-state index contributed by atoms with van der Waals surface area (Å²) in [6.07, 6.45) is 3.04. The fourth-order valence-electron chi connectivity index (χ4n) is 4.89. The molecule has 0 fully saturated rings. The van der Waals surface area contributed by atoms with E-state index in [1.165, 1.54) is 17.7 Å². The molecule has 0 saturated carbocycles. The summed E-state index contributed by atoms with van der Waals surface area (Å²) in [7, 11) is 0. The second-order valence-corrected chi connectivity index (χ2v) is 9.15. The first-order valence-electron chi connectivity index (χ1n) is 12.0. The van der Waals surface area contributed by atoms with Crippen LogP contribution in [0.3, 0.4) is 0 Å². The summed E-state index contributed by atoms with van der Waals surface area (Å²) in [5, 5.41) is 15.2. The van der Waals surface area contributed by atoms with Crippen LogP contribution in [0.4, 0.5) is 5.69 Å². The molecule has 0 atom stereocenters. The number of hydrogen-bond acceptors (Lipinski definition) is 6. The van der Waals surface area contributed by atoms with Gasteiger partial charge in [-0.1, -0.05) is 36.4 Å². The Hall–Kier alpha value is -4.27. The van der Waals surface area contributed by atoms with E-state index in [0.29, 0.717) is 43.0 Å². The highest BCUT2D eigenvalue weighted by molar-refractivity contribution is 6.06. The number of benzene rings is 2. The van der Waals surface area contributed by atoms with Crippen LogP contribution in [-0.2, 0) is 30.6 Å². The predicted molar refractivity (Wildman–Crippen MR) is 133 cm³/mol. The molecule has 3 aromatic rings. The molecule has 0 bridgehead atoms. The van der Waals surface area contributed by atoms with Crippen LogP contribution in [0.5, 0.6) is 0 Å². The van der Waals surface area contributed by atoms with E-state index in [9.17, 15) is 19.7 Å². The number of hydrogen-bond donors (Lipinski definition) is 1. The summed E-state index contributed by atoms with van der Waals surface area (Å²) in [6.45, 7) is 3.06. The van der Waals surface area contributed by atoms with Gasteiger partial charge in [-0.25, -0.2) is 5.43 Å². The largest absolute Gasteiger partial charge is 0.455 e. The first kappa shape index (κ1) is 23.5. The molecule has 184 valence electrons. The maximum atomic E-state index is 13.4. The van der Waals surface area contributed by atoms with Crippen molar-refractivity contribution in [2.24, 2.45) is 5.10 Å². The van der Waals surface area contributed by atoms with Gasteiger partial charge in [0.2, 0.25) is 5.91 Å². The Kier molecular flexibility index (Phi) is 6.37. The predicted octanol–water partition coefficient (Wildman–Crippen LogP) is 4.09. The second-order valence-electron chi connectivity index (χ2n) is 9.15. The highest BCUT2D eigenvalue weighted by atomic mass is 16.6. The van der Waals surface area contributed by atoms with Gasteiger partial charge in [-0.05, 0) is 42.9 Å². The molecule has 0 radical (unpaired) electrons. The molecule has 1 aliphatic heterocycles. The Morgan fingerprint density at radius 2 is 1.83 bits per heavy atom. The lowest BCUT2D eigenvalue weighted by Crippen LogP contribution is -2.36. The van der Waals surface area contributed by atoms with Gasteiger partial charge in [0.05, 0.1) is 17.1 Å². The number of nitrogens with one attached hydrogen (secondary N) is 1. The van der Waals surface area contributed by atoms with Crippen LogP contribution in [0, 0.1) is 17.0 Å². The number of nitro groups is 1. The van der Waals surface area contributed by atoms with Crippen LogP contribution in [0.2, 0.25) is 0 Å². The Labute approximate surface area is 207 Å². The molecule has 9 heteroatoms. The lowest BCUT2D eigenvalue weighted by Gasteiger charge is -2.28. The molecule has 0 spiro atoms. The van der Waals surface area contributed by atoms with E-state index >= 15 is 0 Å². The Morgan fingerprint density at radius 1 is 1.08 bits per heavy atom. The highest BCUT2D eigenvalue weighted by Gasteiger charge is 2.31. The van der Waals surface area contributed by atoms with Crippen LogP contribution in [0.25, 0.3) is 0 Å². The van der Waals surface area contributed by atoms with Crippen LogP contribution < -0.4 is 5.43 Å². The Morgan fingerprint density at radius 3 is 2.58 bits per heavy atom. The van der Waals surface area contributed by atoms with E-state index in [2.05, 4.69) is 22.7 Å². The molecular formula is C27H26N4O5. The van der Waals surface area contributed by atoms with Crippen molar-refractivity contribution < 1.29 is 18.9 Å². The van der Waals surface area contributed by atoms with E-state index in [-0.39, 0.29) is 23.9 Å². The lowest BCUT2D eigenvalue weighted by molar-refractivity contribution is -0.384. The SMILES string of the molecule is Cc1c(C(=O)N2CCc3ccccc3C2)oc2c1/C(=N/NC(=O)Cc1ccc([N+](=O)[O-])cc1)CCC2. The van der Waals surface area contributed by atoms with Crippen molar-refractivity contribution in [1.29, 1.82) is 0 Å². The number of non-ortho nitro benzene ring substituents is 1. The zero-order valence-electron chi connectivity index (χ0n) is 20.0. The van der Waals surface area contributed by atoms with Gasteiger partial charge in [-0.15, -0.1) is 0 Å². The van der Waals surface area contributed by atoms with Gasteiger partial charge >= 0.3 is 0 Å². The normalized spacial score (nSPS) is 15.8. The molecule has 2 aliphatic rings. The fraction of sp³-hybridized carbons (Fsp3) is 0.296. The molecule has 36 heavy (non-hydrogen) atoms. The van der Waals surface area contributed by atoms with Crippen LogP contribution in [0.15, 0.2) is 58.0 Å². The summed E-state index contributed by atoms with van der Waals surface area (Å²) < 4.78 is 6.06. The summed E-state index contributed by atoms with van der Waals surface area (Å²) >= 11 is 0. The summed E-state index contributed by atoms with van der Waals surface area (Å²) in [5.41, 5.74) is 7.90. The number of fused-ring (bicyclic) bond motifs is 2. The van der Waals surface area contributed by atoms with Gasteiger partial charge < -0.3 is 9.32 Å². The number of amides is 2. The standard InChI is InChI=1S/C27H26N4O5/c1-17-25-22(28-29-24(32)15-18-9-11-21(12-10-18)31(34)35)7-4-8-23(25)36-26(17)27(33)30-14-13-19-5-2-3-6-20(19)16-30/h2-3,5-6,9-12H,4,7-8,13-16H2,1H3,(H,29,32)/b28-22+. The number of furan rings is 1. The van der Waals surface area contributed by atoms with E-state index in [0.717, 1.165) is 35.3 Å². The Balaban J connectivity index is 1.30. The van der Waals surface area contributed by atoms with Gasteiger partial charge in [0.1, 0.15) is 5.76 Å². The third-order valence-corrected chi connectivity index (χ3v) is 6.77. The quantitative estimate of drug-likeness (QED) is 0.430. The number of carbonyl (C=O) groups is 2. The smallest absolute Gasteiger partial charge is 0.290 e. The second kappa shape index (κ2) is 9.77. The fourth-order valence-corrected chi connectivity index (χ4v) is 4.89. The molecule has 9 nitrogen and oxygen atoms in total. The number of hydrazone groups is 1. The average molecular weight is 487 g/mol. The maximum Gasteiger partial charge on any atom is 0.290 e. The third kappa shape index (κ3) is 4.64. The topological polar surface area (TPSA) is 118 Å². The minimum Gasteiger partial charge on any atom is -0.455 e. The van der Waals surface area contributed by atoms with Gasteiger partial charge in [-0.2, -0.15) is 5.10 Å². The molecule has 1 aliphatic carbocycles. The maximum absolute atomic E-state index is 13.4. The molecule has 2 amide bonds. The monoisotopic (exact) mass is 486 g/mol. The molecular weight excluding hydrogens is 460 g/mol. The van der Waals surface area contributed by atoms with Crippen LogP contribution >= 0.6 is 0 Å². The number of rotatable bonds is 5. The number of nitrogens with zero attached hydrogens (tertiary/aromatic N) is 3. The van der Waals surface area contributed by atoms with E-state index in [1.54, 1.807) is 12.1 Å². The number of aryl methyl sites for hydroxylation is 1. The van der Waals surface area contributed by atoms with Crippen molar-refractivity contribution >= 4 is 23.2 Å². The van der Waals surface area contributed by atoms with Gasteiger partial charge in [0.15, 0.2) is 5.76 Å².